The second-order valence-corrected chi connectivity index (χ2v) is 12.8. The maximum absolute atomic E-state index is 11.8. The highest BCUT2D eigenvalue weighted by Gasteiger charge is 2.35. The Balaban J connectivity index is 0.000000298. The van der Waals surface area contributed by atoms with Gasteiger partial charge in [-0.2, -0.15) is 4.31 Å². The summed E-state index contributed by atoms with van der Waals surface area (Å²) in [5, 5.41) is 0. The summed E-state index contributed by atoms with van der Waals surface area (Å²) >= 11 is 0. The van der Waals surface area contributed by atoms with Gasteiger partial charge in [0.2, 0.25) is 0 Å². The summed E-state index contributed by atoms with van der Waals surface area (Å²) in [6.07, 6.45) is 0. The number of benzene rings is 3. The predicted octanol–water partition coefficient (Wildman–Crippen LogP) is 7.22. The van der Waals surface area contributed by atoms with Crippen LogP contribution in [0, 0.1) is 0 Å². The summed E-state index contributed by atoms with van der Waals surface area (Å²) in [6, 6.07) is 25.9. The maximum Gasteiger partial charge on any atom is 0.536 e. The van der Waals surface area contributed by atoms with Gasteiger partial charge in [0, 0.05) is 5.56 Å². The minimum absolute atomic E-state index is 0.0461. The van der Waals surface area contributed by atoms with E-state index in [1.807, 2.05) is 59.7 Å². The van der Waals surface area contributed by atoms with E-state index in [9.17, 15) is 14.0 Å². The van der Waals surface area contributed by atoms with E-state index in [1.165, 1.54) is 17.2 Å². The minimum atomic E-state index is -5.15. The van der Waals surface area contributed by atoms with Gasteiger partial charge >= 0.3 is 15.6 Å². The van der Waals surface area contributed by atoms with Crippen LogP contribution in [0.25, 0.3) is 11.1 Å². The second-order valence-electron chi connectivity index (χ2n) is 10.1. The molecule has 1 unspecified atom stereocenters. The molecular weight excluding hydrogens is 486 g/mol. The molecule has 0 amide bonds. The van der Waals surface area contributed by atoms with Crippen LogP contribution in [0.5, 0.6) is 5.75 Å². The molecule has 3 rings (SSSR count). The third-order valence-electron chi connectivity index (χ3n) is 4.96. The van der Waals surface area contributed by atoms with Crippen LogP contribution in [-0.2, 0) is 24.3 Å². The van der Waals surface area contributed by atoms with Gasteiger partial charge in [-0.15, -0.1) is 0 Å². The molecule has 0 fully saturated rings. The smallest absolute Gasteiger partial charge is 0.404 e. The Kier molecular flexibility index (Phi) is 9.29. The zero-order valence-electron chi connectivity index (χ0n) is 20.9. The Bertz CT molecular complexity index is 1150. The summed E-state index contributed by atoms with van der Waals surface area (Å²) in [6.45, 7) is 11.8. The van der Waals surface area contributed by atoms with E-state index in [1.54, 1.807) is 6.07 Å². The lowest BCUT2D eigenvalue weighted by Crippen LogP contribution is -2.17. The molecule has 0 aliphatic carbocycles. The van der Waals surface area contributed by atoms with Gasteiger partial charge in [0.15, 0.2) is 0 Å². The van der Waals surface area contributed by atoms with Gasteiger partial charge in [0.25, 0.3) is 0 Å². The average molecular weight is 520 g/mol. The minimum Gasteiger partial charge on any atom is -0.404 e. The van der Waals surface area contributed by atoms with Crippen LogP contribution in [0.15, 0.2) is 78.9 Å². The van der Waals surface area contributed by atoms with E-state index in [4.69, 9.17) is 14.3 Å². The Morgan fingerprint density at radius 2 is 1.11 bits per heavy atom. The molecule has 0 aliphatic rings. The third-order valence-corrected chi connectivity index (χ3v) is 7.06. The van der Waals surface area contributed by atoms with Gasteiger partial charge < -0.3 is 14.3 Å². The first-order valence-corrected chi connectivity index (χ1v) is 14.1. The zero-order chi connectivity index (χ0) is 26.5. The molecule has 0 spiro atoms. The SMILES string of the molecule is CC(C)(C)c1ccc(OP(=O)(O)OP(=O)(O)O)c(C(C)(C)C)c1.c1ccc(-c2ccccc2)cc1. The highest BCUT2D eigenvalue weighted by molar-refractivity contribution is 7.60. The van der Waals surface area contributed by atoms with E-state index in [-0.39, 0.29) is 11.2 Å². The van der Waals surface area contributed by atoms with Crippen LogP contribution in [0.1, 0.15) is 52.7 Å². The third kappa shape index (κ3) is 9.73. The number of phosphoric acid groups is 2. The van der Waals surface area contributed by atoms with Gasteiger partial charge in [-0.3, -0.25) is 4.89 Å². The summed E-state index contributed by atoms with van der Waals surface area (Å²) in [7, 11) is -10.1. The standard InChI is InChI=1S/C14H24O7P2.C12H10/c1-13(2,3)10-7-8-12(11(9-10)14(4,5)6)20-23(18,19)21-22(15,16)17;1-3-7-11(8-4-1)12-9-5-2-6-10-12/h7-9H,1-6H3,(H,18,19)(H2,15,16,17);1-10H. The number of hydrogen-bond donors (Lipinski definition) is 3. The average Bonchev–Trinajstić information content (AvgIpc) is 2.72. The molecule has 0 saturated heterocycles. The van der Waals surface area contributed by atoms with E-state index >= 15 is 0 Å². The molecule has 1 atom stereocenters. The van der Waals surface area contributed by atoms with Crippen LogP contribution >= 0.6 is 15.6 Å². The Hall–Kier alpha value is -2.24. The van der Waals surface area contributed by atoms with Crippen LogP contribution in [0.4, 0.5) is 0 Å². The van der Waals surface area contributed by atoms with Gasteiger partial charge in [0.1, 0.15) is 5.75 Å². The lowest BCUT2D eigenvalue weighted by atomic mass is 9.80. The second kappa shape index (κ2) is 11.2. The molecule has 35 heavy (non-hydrogen) atoms. The summed E-state index contributed by atoms with van der Waals surface area (Å²) in [5.74, 6) is 0.0461. The monoisotopic (exact) mass is 520 g/mol. The molecule has 3 aromatic rings. The Labute approximate surface area is 207 Å². The van der Waals surface area contributed by atoms with Crippen molar-refractivity contribution < 1.29 is 32.6 Å². The van der Waals surface area contributed by atoms with Gasteiger partial charge in [-0.25, -0.2) is 9.13 Å². The first-order chi connectivity index (χ1) is 16.0. The lowest BCUT2D eigenvalue weighted by Gasteiger charge is -2.27. The molecule has 0 aromatic heterocycles. The van der Waals surface area contributed by atoms with E-state index in [2.05, 4.69) is 52.8 Å². The molecule has 9 heteroatoms. The Morgan fingerprint density at radius 1 is 0.657 bits per heavy atom. The van der Waals surface area contributed by atoms with Crippen molar-refractivity contribution in [3.05, 3.63) is 90.0 Å². The van der Waals surface area contributed by atoms with Crippen molar-refractivity contribution in [1.82, 2.24) is 0 Å². The number of rotatable bonds is 5. The van der Waals surface area contributed by atoms with Crippen LogP contribution < -0.4 is 4.52 Å². The number of hydrogen-bond acceptors (Lipinski definition) is 4. The quantitative estimate of drug-likeness (QED) is 0.304. The molecular formula is C26H34O7P2. The van der Waals surface area contributed by atoms with Crippen molar-refractivity contribution in [2.45, 2.75) is 52.4 Å². The van der Waals surface area contributed by atoms with Crippen molar-refractivity contribution in [1.29, 1.82) is 0 Å². The molecule has 0 heterocycles. The van der Waals surface area contributed by atoms with Crippen molar-refractivity contribution in [2.24, 2.45) is 0 Å². The number of phosphoric ester groups is 1. The highest BCUT2D eigenvalue weighted by Crippen LogP contribution is 2.58. The highest BCUT2D eigenvalue weighted by atomic mass is 31.3. The molecule has 3 aromatic carbocycles. The van der Waals surface area contributed by atoms with Crippen molar-refractivity contribution in [2.75, 3.05) is 0 Å². The normalized spacial score (nSPS) is 13.9. The van der Waals surface area contributed by atoms with Crippen molar-refractivity contribution >= 4 is 15.6 Å². The molecule has 3 N–H and O–H groups in total. The predicted molar refractivity (Wildman–Crippen MR) is 139 cm³/mol. The van der Waals surface area contributed by atoms with Gasteiger partial charge in [-0.1, -0.05) is 114 Å². The topological polar surface area (TPSA) is 113 Å². The fourth-order valence-corrected chi connectivity index (χ4v) is 4.82. The molecule has 0 aliphatic heterocycles. The van der Waals surface area contributed by atoms with E-state index in [0.29, 0.717) is 5.56 Å². The van der Waals surface area contributed by atoms with Gasteiger partial charge in [0.05, 0.1) is 0 Å². The van der Waals surface area contributed by atoms with E-state index in [0.717, 1.165) is 5.56 Å². The van der Waals surface area contributed by atoms with E-state index < -0.39 is 21.1 Å². The fraction of sp³-hybridized carbons (Fsp3) is 0.308. The maximum atomic E-state index is 11.8. The molecule has 190 valence electrons. The molecule has 0 radical (unpaired) electrons. The largest absolute Gasteiger partial charge is 0.536 e. The molecule has 0 bridgehead atoms. The van der Waals surface area contributed by atoms with Gasteiger partial charge in [-0.05, 0) is 33.6 Å². The summed E-state index contributed by atoms with van der Waals surface area (Å²) in [5.41, 5.74) is 3.63. The summed E-state index contributed by atoms with van der Waals surface area (Å²) in [4.78, 5) is 26.9. The first-order valence-electron chi connectivity index (χ1n) is 11.0. The van der Waals surface area contributed by atoms with Crippen LogP contribution in [0.3, 0.4) is 0 Å². The lowest BCUT2D eigenvalue weighted by molar-refractivity contribution is 0.228. The van der Waals surface area contributed by atoms with Crippen LogP contribution in [-0.4, -0.2) is 14.7 Å². The Morgan fingerprint density at radius 3 is 1.49 bits per heavy atom. The molecule has 7 nitrogen and oxygen atoms in total. The van der Waals surface area contributed by atoms with Crippen molar-refractivity contribution in [3.63, 3.8) is 0 Å². The van der Waals surface area contributed by atoms with Crippen LogP contribution in [0.2, 0.25) is 0 Å². The fourth-order valence-electron chi connectivity index (χ4n) is 3.20. The first kappa shape index (κ1) is 29.0. The van der Waals surface area contributed by atoms with Crippen molar-refractivity contribution in [3.8, 4) is 16.9 Å². The molecule has 0 saturated carbocycles. The summed E-state index contributed by atoms with van der Waals surface area (Å²) < 4.78 is 31.3. The zero-order valence-corrected chi connectivity index (χ0v) is 22.7.